The van der Waals surface area contributed by atoms with Crippen LogP contribution in [0.3, 0.4) is 0 Å². The van der Waals surface area contributed by atoms with Crippen LogP contribution in [0.25, 0.3) is 0 Å². The standard InChI is InChI=1S/C13H18FNO2S/c1-10-6-13(14)3-2-12(10)8-15-7-11-4-5-18(16,17)9-11/h2-3,6,11,15H,4-5,7-9H2,1H3. The predicted octanol–water partition coefficient (Wildman–Crippen LogP) is 1.66. The van der Waals surface area contributed by atoms with Crippen molar-refractivity contribution < 1.29 is 12.8 Å². The van der Waals surface area contributed by atoms with Crippen molar-refractivity contribution in [2.24, 2.45) is 5.92 Å². The molecule has 5 heteroatoms. The van der Waals surface area contributed by atoms with E-state index in [-0.39, 0.29) is 11.7 Å². The first-order valence-electron chi connectivity index (χ1n) is 6.12. The number of sulfone groups is 1. The third-order valence-electron chi connectivity index (χ3n) is 3.38. The molecule has 3 nitrogen and oxygen atoms in total. The summed E-state index contributed by atoms with van der Waals surface area (Å²) in [6.45, 7) is 3.23. The van der Waals surface area contributed by atoms with Crippen LogP contribution in [0.1, 0.15) is 17.5 Å². The summed E-state index contributed by atoms with van der Waals surface area (Å²) >= 11 is 0. The summed E-state index contributed by atoms with van der Waals surface area (Å²) in [5.74, 6) is 0.603. The van der Waals surface area contributed by atoms with Gasteiger partial charge in [-0.2, -0.15) is 0 Å². The van der Waals surface area contributed by atoms with Gasteiger partial charge in [-0.05, 0) is 49.1 Å². The Hall–Kier alpha value is -0.940. The Kier molecular flexibility index (Phi) is 4.02. The van der Waals surface area contributed by atoms with Crippen LogP contribution in [0.15, 0.2) is 18.2 Å². The Balaban J connectivity index is 1.82. The number of hydrogen-bond donors (Lipinski definition) is 1. The maximum Gasteiger partial charge on any atom is 0.150 e. The highest BCUT2D eigenvalue weighted by atomic mass is 32.2. The Morgan fingerprint density at radius 2 is 2.22 bits per heavy atom. The molecule has 0 aliphatic carbocycles. The highest BCUT2D eigenvalue weighted by Crippen LogP contribution is 2.17. The van der Waals surface area contributed by atoms with Crippen LogP contribution in [0.4, 0.5) is 4.39 Å². The zero-order valence-electron chi connectivity index (χ0n) is 10.4. The monoisotopic (exact) mass is 271 g/mol. The Bertz CT molecular complexity index is 528. The molecule has 1 unspecified atom stereocenters. The first-order valence-corrected chi connectivity index (χ1v) is 7.94. The van der Waals surface area contributed by atoms with Crippen molar-refractivity contribution in [3.05, 3.63) is 35.1 Å². The number of hydrogen-bond acceptors (Lipinski definition) is 3. The molecule has 2 rings (SSSR count). The predicted molar refractivity (Wildman–Crippen MR) is 69.6 cm³/mol. The lowest BCUT2D eigenvalue weighted by Gasteiger charge is -2.11. The fraction of sp³-hybridized carbons (Fsp3) is 0.538. The average Bonchev–Trinajstić information content (AvgIpc) is 2.61. The summed E-state index contributed by atoms with van der Waals surface area (Å²) in [4.78, 5) is 0. The topological polar surface area (TPSA) is 46.2 Å². The summed E-state index contributed by atoms with van der Waals surface area (Å²) in [7, 11) is -2.79. The quantitative estimate of drug-likeness (QED) is 0.906. The molecule has 1 heterocycles. The van der Waals surface area contributed by atoms with Crippen LogP contribution >= 0.6 is 0 Å². The first-order chi connectivity index (χ1) is 8.46. The molecule has 0 spiro atoms. The van der Waals surface area contributed by atoms with Gasteiger partial charge in [0.2, 0.25) is 0 Å². The second-order valence-electron chi connectivity index (χ2n) is 4.97. The summed E-state index contributed by atoms with van der Waals surface area (Å²) in [6, 6.07) is 4.73. The largest absolute Gasteiger partial charge is 0.312 e. The van der Waals surface area contributed by atoms with Crippen molar-refractivity contribution in [3.63, 3.8) is 0 Å². The van der Waals surface area contributed by atoms with Gasteiger partial charge in [-0.3, -0.25) is 0 Å². The normalized spacial score (nSPS) is 22.2. The maximum atomic E-state index is 12.9. The van der Waals surface area contributed by atoms with E-state index in [9.17, 15) is 12.8 Å². The fourth-order valence-corrected chi connectivity index (χ4v) is 4.16. The highest BCUT2D eigenvalue weighted by Gasteiger charge is 2.27. The zero-order valence-corrected chi connectivity index (χ0v) is 11.3. The van der Waals surface area contributed by atoms with Crippen molar-refractivity contribution in [1.29, 1.82) is 0 Å². The van der Waals surface area contributed by atoms with Crippen LogP contribution in [0.2, 0.25) is 0 Å². The molecule has 1 saturated heterocycles. The van der Waals surface area contributed by atoms with Gasteiger partial charge >= 0.3 is 0 Å². The summed E-state index contributed by atoms with van der Waals surface area (Å²) in [5, 5.41) is 3.25. The Morgan fingerprint density at radius 3 is 2.83 bits per heavy atom. The van der Waals surface area contributed by atoms with E-state index in [2.05, 4.69) is 5.32 Å². The molecule has 100 valence electrons. The number of benzene rings is 1. The lowest BCUT2D eigenvalue weighted by atomic mass is 10.1. The molecule has 0 aromatic heterocycles. The van der Waals surface area contributed by atoms with Gasteiger partial charge in [0.05, 0.1) is 11.5 Å². The molecule has 0 radical (unpaired) electrons. The SMILES string of the molecule is Cc1cc(F)ccc1CNCC1CCS(=O)(=O)C1. The number of halogens is 1. The third kappa shape index (κ3) is 3.53. The summed E-state index contributed by atoms with van der Waals surface area (Å²) in [5.41, 5.74) is 1.97. The van der Waals surface area contributed by atoms with Crippen LogP contribution in [0.5, 0.6) is 0 Å². The molecule has 1 aliphatic heterocycles. The molecule has 1 atom stereocenters. The zero-order chi connectivity index (χ0) is 13.2. The van der Waals surface area contributed by atoms with E-state index in [0.717, 1.165) is 17.5 Å². The van der Waals surface area contributed by atoms with E-state index in [1.807, 2.05) is 6.92 Å². The lowest BCUT2D eigenvalue weighted by molar-refractivity contribution is 0.520. The van der Waals surface area contributed by atoms with Crippen molar-refractivity contribution in [1.82, 2.24) is 5.32 Å². The van der Waals surface area contributed by atoms with E-state index in [1.165, 1.54) is 12.1 Å². The highest BCUT2D eigenvalue weighted by molar-refractivity contribution is 7.91. The molecular formula is C13H18FNO2S. The van der Waals surface area contributed by atoms with E-state index in [0.29, 0.717) is 24.6 Å². The average molecular weight is 271 g/mol. The van der Waals surface area contributed by atoms with Crippen molar-refractivity contribution in [2.45, 2.75) is 19.9 Å². The Labute approximate surface area is 107 Å². The van der Waals surface area contributed by atoms with Gasteiger partial charge in [-0.15, -0.1) is 0 Å². The van der Waals surface area contributed by atoms with Crippen LogP contribution in [-0.2, 0) is 16.4 Å². The minimum Gasteiger partial charge on any atom is -0.312 e. The molecule has 0 amide bonds. The van der Waals surface area contributed by atoms with Gasteiger partial charge in [0.15, 0.2) is 9.84 Å². The molecule has 1 aliphatic rings. The molecule has 1 fully saturated rings. The summed E-state index contributed by atoms with van der Waals surface area (Å²) < 4.78 is 35.5. The van der Waals surface area contributed by atoms with Gasteiger partial charge in [0, 0.05) is 6.54 Å². The Morgan fingerprint density at radius 1 is 1.44 bits per heavy atom. The van der Waals surface area contributed by atoms with Gasteiger partial charge in [-0.25, -0.2) is 12.8 Å². The number of nitrogens with one attached hydrogen (secondary N) is 1. The first kappa shape index (κ1) is 13.5. The minimum absolute atomic E-state index is 0.218. The minimum atomic E-state index is -2.79. The van der Waals surface area contributed by atoms with Crippen molar-refractivity contribution in [2.75, 3.05) is 18.1 Å². The van der Waals surface area contributed by atoms with Crippen LogP contribution < -0.4 is 5.32 Å². The van der Waals surface area contributed by atoms with Gasteiger partial charge < -0.3 is 5.32 Å². The maximum absolute atomic E-state index is 12.9. The van der Waals surface area contributed by atoms with Crippen LogP contribution in [0, 0.1) is 18.7 Å². The van der Waals surface area contributed by atoms with Gasteiger partial charge in [-0.1, -0.05) is 6.07 Å². The van der Waals surface area contributed by atoms with E-state index in [1.54, 1.807) is 6.07 Å². The molecular weight excluding hydrogens is 253 g/mol. The van der Waals surface area contributed by atoms with Gasteiger partial charge in [0.1, 0.15) is 5.82 Å². The second-order valence-corrected chi connectivity index (χ2v) is 7.20. The second kappa shape index (κ2) is 5.36. The van der Waals surface area contributed by atoms with Crippen molar-refractivity contribution in [3.8, 4) is 0 Å². The van der Waals surface area contributed by atoms with Crippen LogP contribution in [-0.4, -0.2) is 26.5 Å². The number of aryl methyl sites for hydroxylation is 1. The summed E-state index contributed by atoms with van der Waals surface area (Å²) in [6.07, 6.45) is 0.748. The van der Waals surface area contributed by atoms with E-state index >= 15 is 0 Å². The molecule has 0 bridgehead atoms. The third-order valence-corrected chi connectivity index (χ3v) is 5.22. The van der Waals surface area contributed by atoms with E-state index in [4.69, 9.17) is 0 Å². The molecule has 0 saturated carbocycles. The molecule has 1 aromatic carbocycles. The fourth-order valence-electron chi connectivity index (χ4n) is 2.30. The molecule has 1 aromatic rings. The molecule has 18 heavy (non-hydrogen) atoms. The lowest BCUT2D eigenvalue weighted by Crippen LogP contribution is -2.23. The molecule has 1 N–H and O–H groups in total. The van der Waals surface area contributed by atoms with Crippen molar-refractivity contribution >= 4 is 9.84 Å². The van der Waals surface area contributed by atoms with E-state index < -0.39 is 9.84 Å². The smallest absolute Gasteiger partial charge is 0.150 e. The van der Waals surface area contributed by atoms with Gasteiger partial charge in [0.25, 0.3) is 0 Å². The number of rotatable bonds is 4.